The predicted octanol–water partition coefficient (Wildman–Crippen LogP) is 0.630. The number of nitrogens with zero attached hydrogens (tertiary/aromatic N) is 5. The SMILES string of the molecule is CCN(OC)[C@H](C(=O)OP(=O)(O)OC(ON=[N+]=[N-])[C@H]1O[C@@H](n2cc(C)c(=O)[nH]c2=O)C[C@@H]1O)C(C)C. The Labute approximate surface area is 204 Å². The molecule has 0 bridgehead atoms. The zero-order valence-electron chi connectivity index (χ0n) is 20.2. The molecule has 36 heavy (non-hydrogen) atoms. The lowest BCUT2D eigenvalue weighted by atomic mass is 10.0. The Hall–Kier alpha value is -2.75. The van der Waals surface area contributed by atoms with Gasteiger partial charge in [0.1, 0.15) is 23.7 Å². The maximum Gasteiger partial charge on any atom is 0.532 e. The molecular weight excluding hydrogens is 507 g/mol. The van der Waals surface area contributed by atoms with Gasteiger partial charge in [0.05, 0.1) is 13.2 Å². The lowest BCUT2D eigenvalue weighted by Crippen LogP contribution is -2.45. The number of aromatic nitrogens is 2. The molecule has 0 amide bonds. The van der Waals surface area contributed by atoms with E-state index in [0.717, 1.165) is 4.57 Å². The first kappa shape index (κ1) is 29.5. The number of hydrogen-bond donors (Lipinski definition) is 3. The zero-order chi connectivity index (χ0) is 27.2. The van der Waals surface area contributed by atoms with E-state index >= 15 is 0 Å². The van der Waals surface area contributed by atoms with E-state index in [4.69, 9.17) is 29.0 Å². The molecule has 17 nitrogen and oxygen atoms in total. The summed E-state index contributed by atoms with van der Waals surface area (Å²) in [5, 5.41) is 14.5. The van der Waals surface area contributed by atoms with Crippen LogP contribution in [0.4, 0.5) is 0 Å². The van der Waals surface area contributed by atoms with Crippen LogP contribution in [0.3, 0.4) is 0 Å². The van der Waals surface area contributed by atoms with Crippen LogP contribution in [0.1, 0.15) is 39.0 Å². The molecule has 2 heterocycles. The van der Waals surface area contributed by atoms with E-state index in [9.17, 15) is 28.9 Å². The van der Waals surface area contributed by atoms with Crippen molar-refractivity contribution in [3.63, 3.8) is 0 Å². The van der Waals surface area contributed by atoms with Gasteiger partial charge in [-0.3, -0.25) is 19.2 Å². The van der Waals surface area contributed by atoms with Crippen LogP contribution in [0.5, 0.6) is 0 Å². The van der Waals surface area contributed by atoms with E-state index < -0.39 is 61.7 Å². The van der Waals surface area contributed by atoms with Crippen LogP contribution in [0, 0.1) is 12.8 Å². The molecule has 6 atom stereocenters. The number of aliphatic hydroxyl groups excluding tert-OH is 1. The van der Waals surface area contributed by atoms with Gasteiger partial charge in [-0.15, -0.1) is 0 Å². The molecule has 0 spiro atoms. The van der Waals surface area contributed by atoms with Gasteiger partial charge in [-0.1, -0.05) is 20.8 Å². The molecule has 1 saturated heterocycles. The quantitative estimate of drug-likeness (QED) is 0.0834. The van der Waals surface area contributed by atoms with Crippen molar-refractivity contribution in [3.8, 4) is 0 Å². The summed E-state index contributed by atoms with van der Waals surface area (Å²) in [4.78, 5) is 60.9. The highest BCUT2D eigenvalue weighted by Crippen LogP contribution is 2.47. The molecule has 1 aromatic heterocycles. The number of aliphatic hydroxyl groups is 1. The molecule has 1 aromatic rings. The van der Waals surface area contributed by atoms with E-state index in [1.807, 2.05) is 0 Å². The van der Waals surface area contributed by atoms with E-state index in [1.54, 1.807) is 20.8 Å². The Morgan fingerprint density at radius 1 is 1.47 bits per heavy atom. The Kier molecular flexibility index (Phi) is 10.2. The first-order chi connectivity index (χ1) is 16.8. The van der Waals surface area contributed by atoms with Gasteiger partial charge >= 0.3 is 19.5 Å². The molecule has 1 fully saturated rings. The predicted molar refractivity (Wildman–Crippen MR) is 120 cm³/mol. The summed E-state index contributed by atoms with van der Waals surface area (Å²) >= 11 is 0. The number of rotatable bonds is 12. The van der Waals surface area contributed by atoms with Gasteiger partial charge in [0, 0.05) is 29.6 Å². The normalized spacial score (nSPS) is 23.1. The van der Waals surface area contributed by atoms with Crippen molar-refractivity contribution in [3.05, 3.63) is 43.0 Å². The fourth-order valence-electron chi connectivity index (χ4n) is 3.58. The van der Waals surface area contributed by atoms with Crippen molar-refractivity contribution < 1.29 is 42.8 Å². The van der Waals surface area contributed by atoms with Gasteiger partial charge < -0.3 is 24.0 Å². The van der Waals surface area contributed by atoms with Crippen LogP contribution < -0.4 is 11.2 Å². The molecule has 1 aliphatic heterocycles. The lowest BCUT2D eigenvalue weighted by molar-refractivity contribution is -0.198. The molecule has 1 aliphatic rings. The minimum Gasteiger partial charge on any atom is -0.399 e. The zero-order valence-corrected chi connectivity index (χ0v) is 21.1. The molecule has 0 radical (unpaired) electrons. The van der Waals surface area contributed by atoms with Gasteiger partial charge in [-0.05, 0) is 18.4 Å². The van der Waals surface area contributed by atoms with Gasteiger partial charge in [0.15, 0.2) is 0 Å². The highest BCUT2D eigenvalue weighted by Gasteiger charge is 2.47. The van der Waals surface area contributed by atoms with Crippen LogP contribution >= 0.6 is 7.82 Å². The minimum absolute atomic E-state index is 0.179. The van der Waals surface area contributed by atoms with E-state index in [2.05, 4.69) is 15.2 Å². The maximum absolute atomic E-state index is 12.7. The Balaban J connectivity index is 2.25. The Morgan fingerprint density at radius 3 is 2.69 bits per heavy atom. The lowest BCUT2D eigenvalue weighted by Gasteiger charge is -2.30. The molecule has 2 rings (SSSR count). The Morgan fingerprint density at radius 2 is 2.14 bits per heavy atom. The molecular formula is C18H29N6O11P. The number of nitrogens with one attached hydrogen (secondary N) is 1. The number of H-pyrrole nitrogens is 1. The number of aryl methyl sites for hydroxylation is 1. The van der Waals surface area contributed by atoms with Gasteiger partial charge in [-0.25, -0.2) is 18.7 Å². The number of phosphoric acid groups is 1. The standard InChI is InChI=1S/C18H29N6O11P/c1-6-24(31-5)13(9(2)3)16(27)34-36(29,30)35-17(33-22-21-19)14-11(25)7-12(32-14)23-8-10(4)15(26)20-18(23)28/h8-9,11-14,17,25H,6-7H2,1-5H3,(H,29,30)(H,20,26,28)/t11-,12+,13-,14-,17?/m0/s1. The van der Waals surface area contributed by atoms with Crippen LogP contribution in [0.2, 0.25) is 0 Å². The summed E-state index contributed by atoms with van der Waals surface area (Å²) in [5.41, 5.74) is 7.33. The highest BCUT2D eigenvalue weighted by molar-refractivity contribution is 7.48. The minimum atomic E-state index is -5.24. The average Bonchev–Trinajstić information content (AvgIpc) is 3.17. The van der Waals surface area contributed by atoms with Gasteiger partial charge in [-0.2, -0.15) is 5.06 Å². The first-order valence-corrected chi connectivity index (χ1v) is 12.3. The van der Waals surface area contributed by atoms with Crippen LogP contribution in [-0.4, -0.2) is 68.8 Å². The summed E-state index contributed by atoms with van der Waals surface area (Å²) < 4.78 is 28.8. The molecule has 2 unspecified atom stereocenters. The van der Waals surface area contributed by atoms with Crippen LogP contribution in [-0.2, 0) is 32.8 Å². The first-order valence-electron chi connectivity index (χ1n) is 10.8. The third-order valence-corrected chi connectivity index (χ3v) is 6.11. The number of carbonyl (C=O) groups excluding carboxylic acids is 1. The van der Waals surface area contributed by atoms with E-state index in [0.29, 0.717) is 0 Å². The summed E-state index contributed by atoms with van der Waals surface area (Å²) in [6.07, 6.45) is -5.27. The number of azide groups is 1. The van der Waals surface area contributed by atoms with Crippen molar-refractivity contribution in [2.45, 2.75) is 64.9 Å². The fourth-order valence-corrected chi connectivity index (χ4v) is 4.38. The van der Waals surface area contributed by atoms with E-state index in [1.165, 1.54) is 25.3 Å². The molecule has 0 saturated carbocycles. The molecule has 0 aromatic carbocycles. The fraction of sp³-hybridized carbons (Fsp3) is 0.722. The number of hydroxylamine groups is 2. The van der Waals surface area contributed by atoms with Crippen molar-refractivity contribution in [2.24, 2.45) is 11.2 Å². The number of carbonyl (C=O) groups is 1. The van der Waals surface area contributed by atoms with Crippen molar-refractivity contribution in [2.75, 3.05) is 13.7 Å². The second-order valence-electron chi connectivity index (χ2n) is 8.07. The average molecular weight is 536 g/mol. The van der Waals surface area contributed by atoms with E-state index in [-0.39, 0.29) is 18.5 Å². The summed E-state index contributed by atoms with van der Waals surface area (Å²) in [5.74, 6) is -1.55. The molecule has 202 valence electrons. The third-order valence-electron chi connectivity index (χ3n) is 5.22. The number of ether oxygens (including phenoxy) is 1. The van der Waals surface area contributed by atoms with Crippen molar-refractivity contribution in [1.29, 1.82) is 0 Å². The molecule has 18 heteroatoms. The van der Waals surface area contributed by atoms with Crippen molar-refractivity contribution >= 4 is 13.8 Å². The smallest absolute Gasteiger partial charge is 0.399 e. The second-order valence-corrected chi connectivity index (χ2v) is 9.40. The monoisotopic (exact) mass is 536 g/mol. The Bertz CT molecular complexity index is 1130. The highest BCUT2D eigenvalue weighted by atomic mass is 31.2. The number of phosphoric ester groups is 1. The summed E-state index contributed by atoms with van der Waals surface area (Å²) in [6, 6.07) is -1.08. The maximum atomic E-state index is 12.7. The number of hydrogen-bond acceptors (Lipinski definition) is 12. The second kappa shape index (κ2) is 12.5. The van der Waals surface area contributed by atoms with Gasteiger partial charge in [0.2, 0.25) is 6.29 Å². The topological polar surface area (TPSA) is 228 Å². The number of aromatic amines is 1. The van der Waals surface area contributed by atoms with Gasteiger partial charge in [0.25, 0.3) is 5.56 Å². The largest absolute Gasteiger partial charge is 0.532 e. The van der Waals surface area contributed by atoms with Crippen LogP contribution in [0.15, 0.2) is 21.1 Å². The molecule has 0 aliphatic carbocycles. The summed E-state index contributed by atoms with van der Waals surface area (Å²) in [6.45, 7) is 6.70. The third kappa shape index (κ3) is 7.15. The molecule has 3 N–H and O–H groups in total. The summed E-state index contributed by atoms with van der Waals surface area (Å²) in [7, 11) is -3.93. The van der Waals surface area contributed by atoms with Crippen LogP contribution in [0.25, 0.3) is 10.4 Å². The van der Waals surface area contributed by atoms with Crippen molar-refractivity contribution in [1.82, 2.24) is 14.6 Å². The number of likely N-dealkylation sites (N-methyl/N-ethyl adjacent to an activating group) is 1.